The standard InChI is InChI=1S/C26H29N3O6S/c1-16(2)34-21-8-7-17(13-22(21)36(3,32)33)25-27-24(28-35-25)19-5-4-6-20-18(19)9-10-26(20)14-23(31)29(15-26)11-12-30/h4-8,13,16,30H,9-12,14-15H2,1-3H3/t26-/m0/s1. The molecule has 1 amide bonds. The lowest BCUT2D eigenvalue weighted by Crippen LogP contribution is -2.32. The van der Waals surface area contributed by atoms with Crippen LogP contribution in [0.1, 0.15) is 37.8 Å². The van der Waals surface area contributed by atoms with E-state index in [4.69, 9.17) is 9.26 Å². The number of amides is 1. The lowest BCUT2D eigenvalue weighted by atomic mass is 9.80. The summed E-state index contributed by atoms with van der Waals surface area (Å²) in [6.07, 6.45) is 3.01. The van der Waals surface area contributed by atoms with Crippen molar-refractivity contribution in [1.82, 2.24) is 15.0 Å². The van der Waals surface area contributed by atoms with Crippen molar-refractivity contribution in [1.29, 1.82) is 0 Å². The van der Waals surface area contributed by atoms with Gasteiger partial charge in [-0.1, -0.05) is 23.4 Å². The molecule has 2 heterocycles. The van der Waals surface area contributed by atoms with E-state index in [1.54, 1.807) is 17.0 Å². The van der Waals surface area contributed by atoms with Gasteiger partial charge in [0.1, 0.15) is 10.6 Å². The van der Waals surface area contributed by atoms with Gasteiger partial charge in [-0.05, 0) is 56.0 Å². The first-order valence-electron chi connectivity index (χ1n) is 12.0. The molecule has 9 nitrogen and oxygen atoms in total. The van der Waals surface area contributed by atoms with Gasteiger partial charge in [-0.15, -0.1) is 0 Å². The van der Waals surface area contributed by atoms with Gasteiger partial charge in [0.25, 0.3) is 5.89 Å². The SMILES string of the molecule is CC(C)Oc1ccc(-c2nc(-c3cccc4c3CC[C@@]43CC(=O)N(CCO)C3)no2)cc1S(C)(=O)=O. The van der Waals surface area contributed by atoms with Crippen molar-refractivity contribution in [3.63, 3.8) is 0 Å². The maximum absolute atomic E-state index is 12.6. The molecule has 3 aromatic rings. The second-order valence-corrected chi connectivity index (χ2v) is 11.8. The van der Waals surface area contributed by atoms with Crippen LogP contribution in [0.15, 0.2) is 45.8 Å². The van der Waals surface area contributed by atoms with Gasteiger partial charge in [-0.3, -0.25) is 4.79 Å². The highest BCUT2D eigenvalue weighted by Gasteiger charge is 2.48. The van der Waals surface area contributed by atoms with Crippen LogP contribution < -0.4 is 4.74 Å². The number of ether oxygens (including phenoxy) is 1. The number of carbonyl (C=O) groups is 1. The molecule has 1 saturated heterocycles. The molecule has 1 aliphatic carbocycles. The summed E-state index contributed by atoms with van der Waals surface area (Å²) >= 11 is 0. The van der Waals surface area contributed by atoms with E-state index in [0.717, 1.165) is 35.8 Å². The number of hydrogen-bond donors (Lipinski definition) is 1. The normalized spacial score (nSPS) is 19.5. The molecule has 2 aliphatic rings. The highest BCUT2D eigenvalue weighted by Crippen LogP contribution is 2.48. The Labute approximate surface area is 210 Å². The second kappa shape index (κ2) is 9.01. The van der Waals surface area contributed by atoms with E-state index in [1.807, 2.05) is 26.0 Å². The molecule has 5 rings (SSSR count). The number of carbonyl (C=O) groups excluding carboxylic acids is 1. The van der Waals surface area contributed by atoms with Crippen LogP contribution in [0, 0.1) is 0 Å². The van der Waals surface area contributed by atoms with E-state index in [1.165, 1.54) is 6.07 Å². The molecule has 1 spiro atoms. The molecular weight excluding hydrogens is 482 g/mol. The molecule has 10 heteroatoms. The minimum Gasteiger partial charge on any atom is -0.490 e. The maximum Gasteiger partial charge on any atom is 0.258 e. The summed E-state index contributed by atoms with van der Waals surface area (Å²) < 4.78 is 36.0. The lowest BCUT2D eigenvalue weighted by molar-refractivity contribution is -0.128. The van der Waals surface area contributed by atoms with E-state index in [9.17, 15) is 18.3 Å². The van der Waals surface area contributed by atoms with E-state index in [2.05, 4.69) is 16.2 Å². The maximum atomic E-state index is 12.6. The number of aliphatic hydroxyl groups excluding tert-OH is 1. The molecule has 1 fully saturated rings. The third-order valence-electron chi connectivity index (χ3n) is 6.93. The smallest absolute Gasteiger partial charge is 0.258 e. The molecule has 0 unspecified atom stereocenters. The summed E-state index contributed by atoms with van der Waals surface area (Å²) in [5.74, 6) is 0.972. The zero-order valence-electron chi connectivity index (χ0n) is 20.5. The van der Waals surface area contributed by atoms with E-state index < -0.39 is 9.84 Å². The van der Waals surface area contributed by atoms with Crippen molar-refractivity contribution in [3.8, 4) is 28.6 Å². The average molecular weight is 512 g/mol. The molecule has 1 aromatic heterocycles. The van der Waals surface area contributed by atoms with E-state index >= 15 is 0 Å². The van der Waals surface area contributed by atoms with Gasteiger partial charge < -0.3 is 19.3 Å². The van der Waals surface area contributed by atoms with Crippen LogP contribution in [-0.2, 0) is 26.5 Å². The van der Waals surface area contributed by atoms with Crippen LogP contribution in [0.4, 0.5) is 0 Å². The van der Waals surface area contributed by atoms with Gasteiger partial charge in [-0.25, -0.2) is 8.42 Å². The minimum atomic E-state index is -3.55. The number of likely N-dealkylation sites (tertiary alicyclic amines) is 1. The Kier molecular flexibility index (Phi) is 6.12. The largest absolute Gasteiger partial charge is 0.490 e. The third kappa shape index (κ3) is 4.28. The zero-order chi connectivity index (χ0) is 25.7. The van der Waals surface area contributed by atoms with Gasteiger partial charge in [0, 0.05) is 42.3 Å². The van der Waals surface area contributed by atoms with Crippen LogP contribution in [0.3, 0.4) is 0 Å². The van der Waals surface area contributed by atoms with Crippen LogP contribution in [0.2, 0.25) is 0 Å². The number of nitrogens with zero attached hydrogens (tertiary/aromatic N) is 3. The predicted molar refractivity (Wildman–Crippen MR) is 132 cm³/mol. The fraction of sp³-hybridized carbons (Fsp3) is 0.423. The van der Waals surface area contributed by atoms with Crippen LogP contribution in [0.5, 0.6) is 5.75 Å². The minimum absolute atomic E-state index is 0.0496. The third-order valence-corrected chi connectivity index (χ3v) is 8.04. The van der Waals surface area contributed by atoms with Crippen molar-refractivity contribution in [3.05, 3.63) is 47.5 Å². The number of aromatic nitrogens is 2. The lowest BCUT2D eigenvalue weighted by Gasteiger charge is -2.24. The van der Waals surface area contributed by atoms with Crippen LogP contribution >= 0.6 is 0 Å². The molecule has 1 N–H and O–H groups in total. The molecule has 0 radical (unpaired) electrons. The summed E-state index contributed by atoms with van der Waals surface area (Å²) in [5, 5.41) is 13.5. The summed E-state index contributed by atoms with van der Waals surface area (Å²) in [6, 6.07) is 10.7. The molecule has 1 atom stereocenters. The number of hydrogen-bond acceptors (Lipinski definition) is 8. The predicted octanol–water partition coefficient (Wildman–Crippen LogP) is 3.00. The zero-order valence-corrected chi connectivity index (χ0v) is 21.3. The first-order valence-corrected chi connectivity index (χ1v) is 13.9. The average Bonchev–Trinajstić information content (AvgIpc) is 3.52. The number of sulfone groups is 1. The Hall–Kier alpha value is -3.24. The number of fused-ring (bicyclic) bond motifs is 2. The molecule has 1 aliphatic heterocycles. The van der Waals surface area contributed by atoms with Crippen molar-refractivity contribution in [2.45, 2.75) is 49.5 Å². The first kappa shape index (κ1) is 24.5. The van der Waals surface area contributed by atoms with Crippen LogP contribution in [-0.4, -0.2) is 66.5 Å². The Bertz CT molecular complexity index is 1430. The van der Waals surface area contributed by atoms with Gasteiger partial charge >= 0.3 is 0 Å². The fourth-order valence-electron chi connectivity index (χ4n) is 5.38. The van der Waals surface area contributed by atoms with Crippen molar-refractivity contribution >= 4 is 15.7 Å². The molecule has 36 heavy (non-hydrogen) atoms. The molecule has 190 valence electrons. The Balaban J connectivity index is 1.49. The van der Waals surface area contributed by atoms with Crippen molar-refractivity contribution in [2.24, 2.45) is 0 Å². The molecule has 0 saturated carbocycles. The van der Waals surface area contributed by atoms with Crippen molar-refractivity contribution in [2.75, 3.05) is 26.0 Å². The van der Waals surface area contributed by atoms with Crippen LogP contribution in [0.25, 0.3) is 22.8 Å². The fourth-order valence-corrected chi connectivity index (χ4v) is 6.20. The quantitative estimate of drug-likeness (QED) is 0.514. The Morgan fingerprint density at radius 2 is 2.06 bits per heavy atom. The summed E-state index contributed by atoms with van der Waals surface area (Å²) in [4.78, 5) is 18.9. The highest BCUT2D eigenvalue weighted by molar-refractivity contribution is 7.90. The molecular formula is C26H29N3O6S. The molecule has 2 aromatic carbocycles. The summed E-state index contributed by atoms with van der Waals surface area (Å²) in [6.45, 7) is 4.56. The Morgan fingerprint density at radius 3 is 2.78 bits per heavy atom. The highest BCUT2D eigenvalue weighted by atomic mass is 32.2. The van der Waals surface area contributed by atoms with E-state index in [0.29, 0.717) is 30.9 Å². The van der Waals surface area contributed by atoms with Gasteiger partial charge in [0.05, 0.1) is 12.7 Å². The summed E-state index contributed by atoms with van der Waals surface area (Å²) in [7, 11) is -3.55. The van der Waals surface area contributed by atoms with Gasteiger partial charge in [0.2, 0.25) is 11.7 Å². The second-order valence-electron chi connectivity index (χ2n) is 9.85. The molecule has 0 bridgehead atoms. The monoisotopic (exact) mass is 511 g/mol. The first-order chi connectivity index (χ1) is 17.1. The Morgan fingerprint density at radius 1 is 1.25 bits per heavy atom. The van der Waals surface area contributed by atoms with E-state index in [-0.39, 0.29) is 40.6 Å². The number of benzene rings is 2. The number of β-amino-alcohol motifs (C(OH)–C–C–N with tert-alkyl or cyclic N) is 1. The van der Waals surface area contributed by atoms with Gasteiger partial charge in [0.15, 0.2) is 9.84 Å². The number of rotatable bonds is 7. The van der Waals surface area contributed by atoms with Crippen molar-refractivity contribution < 1.29 is 27.6 Å². The number of aliphatic hydroxyl groups is 1. The van der Waals surface area contributed by atoms with Gasteiger partial charge in [-0.2, -0.15) is 4.98 Å². The topological polar surface area (TPSA) is 123 Å². The summed E-state index contributed by atoms with van der Waals surface area (Å²) in [5.41, 5.74) is 3.28.